The molecule has 0 saturated carbocycles. The Balaban J connectivity index is 2.56. The van der Waals surface area contributed by atoms with Crippen LogP contribution in [-0.2, 0) is 14.3 Å². The Morgan fingerprint density at radius 1 is 1.38 bits per heavy atom. The highest BCUT2D eigenvalue weighted by Gasteiger charge is 2.23. The topological polar surface area (TPSA) is 55.4 Å². The smallest absolute Gasteiger partial charge is 0.397 e. The van der Waals surface area contributed by atoms with Gasteiger partial charge in [0.1, 0.15) is 5.60 Å². The van der Waals surface area contributed by atoms with Crippen molar-refractivity contribution in [1.29, 1.82) is 0 Å². The number of esters is 1. The third-order valence-electron chi connectivity index (χ3n) is 1.39. The number of ether oxygens (including phenoxy) is 1. The van der Waals surface area contributed by atoms with Crippen molar-refractivity contribution in [3.8, 4) is 0 Å². The Hall–Kier alpha value is -1.07. The fraction of sp³-hybridized carbons (Fsp3) is 0.400. The van der Waals surface area contributed by atoms with Gasteiger partial charge in [0, 0.05) is 0 Å². The molecule has 16 heavy (non-hydrogen) atoms. The zero-order valence-electron chi connectivity index (χ0n) is 9.17. The zero-order chi connectivity index (χ0) is 12.3. The van der Waals surface area contributed by atoms with Gasteiger partial charge in [-0.1, -0.05) is 11.6 Å². The molecule has 1 aromatic heterocycles. The van der Waals surface area contributed by atoms with Crippen LogP contribution >= 0.6 is 22.9 Å². The van der Waals surface area contributed by atoms with Gasteiger partial charge in [0.15, 0.2) is 0 Å². The predicted octanol–water partition coefficient (Wildman–Crippen LogP) is 2.68. The molecule has 1 heterocycles. The molecule has 0 aliphatic rings. The summed E-state index contributed by atoms with van der Waals surface area (Å²) < 4.78 is 5.44. The highest BCUT2D eigenvalue weighted by molar-refractivity contribution is 7.20. The minimum absolute atomic E-state index is 0.515. The van der Waals surface area contributed by atoms with Gasteiger partial charge in [-0.15, -0.1) is 11.3 Å². The Morgan fingerprint density at radius 3 is 2.44 bits per heavy atom. The lowest BCUT2D eigenvalue weighted by atomic mass is 10.2. The van der Waals surface area contributed by atoms with Gasteiger partial charge >= 0.3 is 11.9 Å². The van der Waals surface area contributed by atoms with Gasteiger partial charge < -0.3 is 10.1 Å². The molecule has 0 bridgehead atoms. The van der Waals surface area contributed by atoms with Crippen molar-refractivity contribution in [3.05, 3.63) is 16.5 Å². The lowest BCUT2D eigenvalue weighted by Crippen LogP contribution is -2.32. The van der Waals surface area contributed by atoms with E-state index in [9.17, 15) is 9.59 Å². The molecule has 0 aliphatic heterocycles. The lowest BCUT2D eigenvalue weighted by Gasteiger charge is -2.18. The molecule has 4 nitrogen and oxygen atoms in total. The molecule has 6 heteroatoms. The number of thiophene rings is 1. The maximum absolute atomic E-state index is 11.4. The Kier molecular flexibility index (Phi) is 3.93. The van der Waals surface area contributed by atoms with Crippen molar-refractivity contribution >= 4 is 39.8 Å². The van der Waals surface area contributed by atoms with E-state index < -0.39 is 17.5 Å². The number of hydrogen-bond acceptors (Lipinski definition) is 4. The molecule has 1 aromatic rings. The summed E-state index contributed by atoms with van der Waals surface area (Å²) in [6.45, 7) is 5.08. The van der Waals surface area contributed by atoms with E-state index in [0.29, 0.717) is 9.34 Å². The summed E-state index contributed by atoms with van der Waals surface area (Å²) in [6, 6.07) is 3.26. The van der Waals surface area contributed by atoms with Crippen LogP contribution in [0.1, 0.15) is 20.8 Å². The number of halogens is 1. The molecule has 0 aromatic carbocycles. The zero-order valence-corrected chi connectivity index (χ0v) is 10.7. The molecule has 0 radical (unpaired) electrons. The Bertz CT molecular complexity index is 408. The summed E-state index contributed by atoms with van der Waals surface area (Å²) in [4.78, 5) is 22.7. The van der Waals surface area contributed by atoms with Crippen molar-refractivity contribution in [3.63, 3.8) is 0 Å². The van der Waals surface area contributed by atoms with Gasteiger partial charge in [0.25, 0.3) is 0 Å². The molecule has 0 unspecified atom stereocenters. The maximum Gasteiger partial charge on any atom is 0.397 e. The summed E-state index contributed by atoms with van der Waals surface area (Å²) >= 11 is 6.86. The first-order valence-corrected chi connectivity index (χ1v) is 5.77. The van der Waals surface area contributed by atoms with Crippen LogP contribution in [-0.4, -0.2) is 17.5 Å². The number of amides is 1. The molecule has 0 aliphatic carbocycles. The first-order chi connectivity index (χ1) is 7.28. The van der Waals surface area contributed by atoms with Crippen molar-refractivity contribution in [1.82, 2.24) is 0 Å². The van der Waals surface area contributed by atoms with E-state index in [1.807, 2.05) is 0 Å². The first kappa shape index (κ1) is 13.0. The number of hydrogen-bond donors (Lipinski definition) is 1. The van der Waals surface area contributed by atoms with Gasteiger partial charge in [-0.2, -0.15) is 0 Å². The quantitative estimate of drug-likeness (QED) is 0.625. The highest BCUT2D eigenvalue weighted by Crippen LogP contribution is 2.25. The minimum Gasteiger partial charge on any atom is -0.453 e. The second-order valence-corrected chi connectivity index (χ2v) is 5.77. The molecule has 1 N–H and O–H groups in total. The first-order valence-electron chi connectivity index (χ1n) is 4.57. The van der Waals surface area contributed by atoms with E-state index in [1.54, 1.807) is 32.9 Å². The van der Waals surface area contributed by atoms with Crippen LogP contribution in [0, 0.1) is 0 Å². The fourth-order valence-electron chi connectivity index (χ4n) is 0.869. The second kappa shape index (κ2) is 4.84. The normalized spacial score (nSPS) is 11.0. The summed E-state index contributed by atoms with van der Waals surface area (Å²) in [5, 5.41) is 2.92. The maximum atomic E-state index is 11.4. The monoisotopic (exact) mass is 261 g/mol. The van der Waals surface area contributed by atoms with E-state index >= 15 is 0 Å². The van der Waals surface area contributed by atoms with Crippen LogP contribution in [0.2, 0.25) is 4.34 Å². The van der Waals surface area contributed by atoms with Crippen molar-refractivity contribution in [2.24, 2.45) is 0 Å². The summed E-state index contributed by atoms with van der Waals surface area (Å²) in [7, 11) is 0. The van der Waals surface area contributed by atoms with E-state index in [0.717, 1.165) is 0 Å². The molecule has 1 rings (SSSR count). The van der Waals surface area contributed by atoms with Crippen LogP contribution in [0.15, 0.2) is 12.1 Å². The average Bonchev–Trinajstić information content (AvgIpc) is 2.48. The number of nitrogens with one attached hydrogen (secondary N) is 1. The fourth-order valence-corrected chi connectivity index (χ4v) is 1.81. The number of carbonyl (C=O) groups excluding carboxylic acids is 2. The van der Waals surface area contributed by atoms with Crippen LogP contribution in [0.4, 0.5) is 5.00 Å². The van der Waals surface area contributed by atoms with E-state index in [-0.39, 0.29) is 0 Å². The second-order valence-electron chi connectivity index (χ2n) is 4.06. The van der Waals surface area contributed by atoms with Gasteiger partial charge in [-0.3, -0.25) is 4.79 Å². The summed E-state index contributed by atoms with van der Waals surface area (Å²) in [5.41, 5.74) is -0.679. The van der Waals surface area contributed by atoms with E-state index in [4.69, 9.17) is 16.3 Å². The summed E-state index contributed by atoms with van der Waals surface area (Å²) in [5.74, 6) is -1.70. The molecule has 88 valence electrons. The largest absolute Gasteiger partial charge is 0.453 e. The molecule has 1 amide bonds. The third-order valence-corrected chi connectivity index (χ3v) is 2.54. The van der Waals surface area contributed by atoms with Crippen molar-refractivity contribution < 1.29 is 14.3 Å². The highest BCUT2D eigenvalue weighted by atomic mass is 35.5. The molecule has 0 spiro atoms. The number of rotatable bonds is 1. The van der Waals surface area contributed by atoms with Gasteiger partial charge in [0.05, 0.1) is 9.34 Å². The standard InChI is InChI=1S/C10H12ClNO3S/c1-10(2,3)15-9(14)8(13)12-7-5-4-6(11)16-7/h4-5H,1-3H3,(H,12,13). The Morgan fingerprint density at radius 2 is 2.00 bits per heavy atom. The molecule has 0 fully saturated rings. The Labute approximate surface area is 103 Å². The van der Waals surface area contributed by atoms with Crippen molar-refractivity contribution in [2.45, 2.75) is 26.4 Å². The molecule has 0 saturated heterocycles. The molecule has 0 atom stereocenters. The third kappa shape index (κ3) is 4.20. The number of carbonyl (C=O) groups is 2. The van der Waals surface area contributed by atoms with Crippen molar-refractivity contribution in [2.75, 3.05) is 5.32 Å². The average molecular weight is 262 g/mol. The van der Waals surface area contributed by atoms with Gasteiger partial charge in [0.2, 0.25) is 0 Å². The van der Waals surface area contributed by atoms with Gasteiger partial charge in [-0.25, -0.2) is 4.79 Å². The van der Waals surface area contributed by atoms with Gasteiger partial charge in [-0.05, 0) is 32.9 Å². The summed E-state index contributed by atoms with van der Waals surface area (Å²) in [6.07, 6.45) is 0. The van der Waals surface area contributed by atoms with E-state index in [1.165, 1.54) is 11.3 Å². The van der Waals surface area contributed by atoms with Crippen LogP contribution in [0.25, 0.3) is 0 Å². The van der Waals surface area contributed by atoms with Crippen LogP contribution in [0.3, 0.4) is 0 Å². The minimum atomic E-state index is -0.906. The lowest BCUT2D eigenvalue weighted by molar-refractivity contribution is -0.161. The predicted molar refractivity (Wildman–Crippen MR) is 63.8 cm³/mol. The number of anilines is 1. The van der Waals surface area contributed by atoms with Crippen LogP contribution in [0.5, 0.6) is 0 Å². The molecular weight excluding hydrogens is 250 g/mol. The SMILES string of the molecule is CC(C)(C)OC(=O)C(=O)Nc1ccc(Cl)s1. The molecular formula is C10H12ClNO3S. The van der Waals surface area contributed by atoms with E-state index in [2.05, 4.69) is 5.32 Å². The van der Waals surface area contributed by atoms with Crippen LogP contribution < -0.4 is 5.32 Å².